The van der Waals surface area contributed by atoms with Crippen LogP contribution in [0.1, 0.15) is 78.6 Å². The highest BCUT2D eigenvalue weighted by molar-refractivity contribution is 7.96. The number of amides is 1. The minimum absolute atomic E-state index is 0.0820. The Bertz CT molecular complexity index is 763. The molecule has 33 heavy (non-hydrogen) atoms. The lowest BCUT2D eigenvalue weighted by Crippen LogP contribution is -2.62. The normalized spacial score (nSPS) is 47.6. The fraction of sp³-hybridized carbons (Fsp3) is 0.923. The summed E-state index contributed by atoms with van der Waals surface area (Å²) in [6, 6.07) is 0.127. The Kier molecular flexibility index (Phi) is 7.17. The molecular formula is C26H43NO5S. The second-order valence-electron chi connectivity index (χ2n) is 12.1. The van der Waals surface area contributed by atoms with Crippen LogP contribution >= 0.6 is 12.6 Å². The maximum Gasteiger partial charge on any atom is 0.305 e. The summed E-state index contributed by atoms with van der Waals surface area (Å²) in [5, 5.41) is 25.8. The molecule has 3 N–H and O–H groups in total. The quantitative estimate of drug-likeness (QED) is 0.349. The molecule has 7 heteroatoms. The van der Waals surface area contributed by atoms with E-state index in [1.54, 1.807) is 0 Å². The summed E-state index contributed by atoms with van der Waals surface area (Å²) in [4.78, 5) is 23.2. The van der Waals surface area contributed by atoms with Gasteiger partial charge in [-0.25, -0.2) is 0 Å². The summed E-state index contributed by atoms with van der Waals surface area (Å²) in [6.07, 6.45) is 6.88. The summed E-state index contributed by atoms with van der Waals surface area (Å²) in [6.45, 7) is 6.84. The first-order chi connectivity index (χ1) is 15.5. The zero-order chi connectivity index (χ0) is 24.1. The van der Waals surface area contributed by atoms with Gasteiger partial charge in [0.1, 0.15) is 0 Å². The van der Waals surface area contributed by atoms with E-state index in [2.05, 4.69) is 38.7 Å². The van der Waals surface area contributed by atoms with Crippen molar-refractivity contribution in [1.82, 2.24) is 5.32 Å². The molecule has 11 atom stereocenters. The molecule has 0 bridgehead atoms. The molecule has 0 aromatic rings. The largest absolute Gasteiger partial charge is 0.469 e. The molecule has 4 aliphatic rings. The average Bonchev–Trinajstić information content (AvgIpc) is 3.11. The van der Waals surface area contributed by atoms with Gasteiger partial charge in [-0.15, -0.1) is 0 Å². The predicted molar refractivity (Wildman–Crippen MR) is 130 cm³/mol. The molecule has 1 amide bonds. The van der Waals surface area contributed by atoms with E-state index in [9.17, 15) is 19.8 Å². The van der Waals surface area contributed by atoms with Crippen molar-refractivity contribution in [3.8, 4) is 0 Å². The summed E-state index contributed by atoms with van der Waals surface area (Å²) in [7, 11) is 1.43. The van der Waals surface area contributed by atoms with Crippen LogP contribution in [-0.2, 0) is 9.53 Å². The van der Waals surface area contributed by atoms with Gasteiger partial charge >= 0.3 is 5.97 Å². The molecule has 0 spiro atoms. The molecule has 4 saturated carbocycles. The van der Waals surface area contributed by atoms with Crippen LogP contribution in [0, 0.1) is 46.3 Å². The molecule has 4 fully saturated rings. The van der Waals surface area contributed by atoms with Crippen LogP contribution in [0.25, 0.3) is 0 Å². The molecule has 0 aromatic carbocycles. The van der Waals surface area contributed by atoms with Gasteiger partial charge in [-0.05, 0) is 97.7 Å². The lowest BCUT2D eigenvalue weighted by molar-refractivity contribution is -0.202. The summed E-state index contributed by atoms with van der Waals surface area (Å²) in [5.41, 5.74) is -0.142. The van der Waals surface area contributed by atoms with Crippen molar-refractivity contribution in [2.45, 2.75) is 96.8 Å². The summed E-state index contributed by atoms with van der Waals surface area (Å²) < 4.78 is 4.84. The van der Waals surface area contributed by atoms with Crippen LogP contribution in [0.5, 0.6) is 0 Å². The Morgan fingerprint density at radius 1 is 1.12 bits per heavy atom. The highest BCUT2D eigenvalue weighted by atomic mass is 32.1. The van der Waals surface area contributed by atoms with Crippen molar-refractivity contribution in [1.29, 1.82) is 0 Å². The molecule has 0 aliphatic heterocycles. The second kappa shape index (κ2) is 9.34. The third kappa shape index (κ3) is 4.24. The number of carbonyl (C=O) groups is 2. The van der Waals surface area contributed by atoms with Crippen LogP contribution in [0.3, 0.4) is 0 Å². The summed E-state index contributed by atoms with van der Waals surface area (Å²) >= 11 is 3.90. The van der Waals surface area contributed by atoms with Crippen molar-refractivity contribution in [2.75, 3.05) is 7.11 Å². The monoisotopic (exact) mass is 481 g/mol. The first kappa shape index (κ1) is 25.3. The fourth-order valence-corrected chi connectivity index (χ4v) is 9.29. The molecular weight excluding hydrogens is 438 g/mol. The second-order valence-corrected chi connectivity index (χ2v) is 12.5. The number of thiol groups is 1. The molecule has 4 rings (SSSR count). The van der Waals surface area contributed by atoms with Gasteiger partial charge in [0.15, 0.2) is 0 Å². The van der Waals surface area contributed by atoms with E-state index in [1.807, 2.05) is 0 Å². The molecule has 6 nitrogen and oxygen atoms in total. The number of aliphatic hydroxyl groups excluding tert-OH is 2. The van der Waals surface area contributed by atoms with Gasteiger partial charge in [0.05, 0.1) is 19.3 Å². The van der Waals surface area contributed by atoms with E-state index in [1.165, 1.54) is 7.11 Å². The Morgan fingerprint density at radius 3 is 2.52 bits per heavy atom. The van der Waals surface area contributed by atoms with Crippen molar-refractivity contribution >= 4 is 23.8 Å². The van der Waals surface area contributed by atoms with Gasteiger partial charge < -0.3 is 20.3 Å². The van der Waals surface area contributed by atoms with Gasteiger partial charge in [-0.1, -0.05) is 33.4 Å². The molecule has 188 valence electrons. The lowest BCUT2D eigenvalue weighted by Gasteiger charge is -2.63. The smallest absolute Gasteiger partial charge is 0.305 e. The van der Waals surface area contributed by atoms with Crippen molar-refractivity contribution in [3.05, 3.63) is 0 Å². The number of hydrogen-bond donors (Lipinski definition) is 4. The van der Waals surface area contributed by atoms with Crippen molar-refractivity contribution < 1.29 is 24.5 Å². The van der Waals surface area contributed by atoms with Gasteiger partial charge in [-0.2, -0.15) is 0 Å². The minimum Gasteiger partial charge on any atom is -0.469 e. The van der Waals surface area contributed by atoms with E-state index < -0.39 is 6.10 Å². The van der Waals surface area contributed by atoms with E-state index in [0.29, 0.717) is 36.0 Å². The van der Waals surface area contributed by atoms with E-state index in [-0.39, 0.29) is 40.1 Å². The average molecular weight is 482 g/mol. The number of nitrogens with one attached hydrogen (secondary N) is 1. The van der Waals surface area contributed by atoms with Crippen molar-refractivity contribution in [2.24, 2.45) is 46.3 Å². The third-order valence-corrected chi connectivity index (χ3v) is 11.0. The van der Waals surface area contributed by atoms with E-state index in [4.69, 9.17) is 4.74 Å². The van der Waals surface area contributed by atoms with Gasteiger partial charge in [0, 0.05) is 12.5 Å². The topological polar surface area (TPSA) is 95.9 Å². The maximum atomic E-state index is 11.7. The van der Waals surface area contributed by atoms with Gasteiger partial charge in [0.2, 0.25) is 0 Å². The van der Waals surface area contributed by atoms with Gasteiger partial charge in [0.25, 0.3) is 5.24 Å². The highest BCUT2D eigenvalue weighted by Gasteiger charge is 2.65. The van der Waals surface area contributed by atoms with Crippen LogP contribution in [0.2, 0.25) is 0 Å². The highest BCUT2D eigenvalue weighted by Crippen LogP contribution is 2.68. The standard InChI is InChI=1S/C26H43NO5S/c1-14(5-8-22(30)32-4)17-6-7-18-23-19(13-21(29)26(17,18)3)25(2)10-9-16(27-24(31)33)11-15(25)12-20(23)28/h14-21,23,28-29H,5-13H2,1-4H3,(H2,27,31,33)/t14?,15-,16-,17?,18-,19-,20+,21-,23-,25-,26+/m0/s1. The van der Waals surface area contributed by atoms with Crippen molar-refractivity contribution in [3.63, 3.8) is 0 Å². The molecule has 0 heterocycles. The number of hydrogen-bond acceptors (Lipinski definition) is 5. The van der Waals surface area contributed by atoms with Crippen LogP contribution in [0.4, 0.5) is 4.79 Å². The van der Waals surface area contributed by atoms with Crippen LogP contribution in [-0.4, -0.2) is 46.8 Å². The van der Waals surface area contributed by atoms with E-state index in [0.717, 1.165) is 51.4 Å². The SMILES string of the molecule is COC(=O)CCC(C)C1CC[C@H]2[C@@H]3[C@H](O)C[C@@H]4C[C@@H](NC(=O)S)CC[C@]4(C)[C@H]3C[C@H](O)[C@]12C. The molecule has 0 aromatic heterocycles. The zero-order valence-electron chi connectivity index (χ0n) is 20.6. The predicted octanol–water partition coefficient (Wildman–Crippen LogP) is 4.18. The first-order valence-corrected chi connectivity index (χ1v) is 13.4. The van der Waals surface area contributed by atoms with Crippen LogP contribution < -0.4 is 5.32 Å². The molecule has 4 aliphatic carbocycles. The number of rotatable bonds is 5. The Labute approximate surface area is 204 Å². The number of esters is 1. The summed E-state index contributed by atoms with van der Waals surface area (Å²) in [5.74, 6) is 1.68. The molecule has 0 saturated heterocycles. The van der Waals surface area contributed by atoms with E-state index >= 15 is 0 Å². The van der Waals surface area contributed by atoms with Gasteiger partial charge in [-0.3, -0.25) is 9.59 Å². The third-order valence-electron chi connectivity index (χ3n) is 10.9. The Balaban J connectivity index is 1.54. The molecule has 0 radical (unpaired) electrons. The number of aliphatic hydroxyl groups is 2. The lowest BCUT2D eigenvalue weighted by atomic mass is 9.43. The number of methoxy groups -OCH3 is 1. The maximum absolute atomic E-state index is 11.7. The number of fused-ring (bicyclic) bond motifs is 5. The first-order valence-electron chi connectivity index (χ1n) is 12.9. The Hall–Kier alpha value is -0.790. The fourth-order valence-electron chi connectivity index (χ4n) is 9.11. The Morgan fingerprint density at radius 2 is 1.85 bits per heavy atom. The van der Waals surface area contributed by atoms with Crippen LogP contribution in [0.15, 0.2) is 0 Å². The minimum atomic E-state index is -0.394. The number of carbonyl (C=O) groups excluding carboxylic acids is 2. The number of ether oxygens (including phenoxy) is 1. The zero-order valence-corrected chi connectivity index (χ0v) is 21.5. The molecule has 2 unspecified atom stereocenters.